The first-order valence-electron chi connectivity index (χ1n) is 7.53. The van der Waals surface area contributed by atoms with Crippen molar-refractivity contribution < 1.29 is 4.79 Å². The van der Waals surface area contributed by atoms with Crippen LogP contribution in [0.3, 0.4) is 0 Å². The number of hydrogen-bond acceptors (Lipinski definition) is 4. The first-order valence-corrected chi connectivity index (χ1v) is 8.41. The molecule has 0 aliphatic rings. The molecule has 1 atom stereocenters. The van der Waals surface area contributed by atoms with E-state index < -0.39 is 0 Å². The summed E-state index contributed by atoms with van der Waals surface area (Å²) in [7, 11) is 0. The molecule has 3 N–H and O–H groups in total. The van der Waals surface area contributed by atoms with Crippen LogP contribution in [0.5, 0.6) is 0 Å². The van der Waals surface area contributed by atoms with E-state index >= 15 is 0 Å². The monoisotopic (exact) mass is 317 g/mol. The Balaban J connectivity index is 2.17. The van der Waals surface area contributed by atoms with Crippen LogP contribution in [-0.2, 0) is 6.42 Å². The van der Waals surface area contributed by atoms with Gasteiger partial charge in [-0.15, -0.1) is 11.3 Å². The van der Waals surface area contributed by atoms with Crippen molar-refractivity contribution >= 4 is 17.2 Å². The van der Waals surface area contributed by atoms with Gasteiger partial charge < -0.3 is 11.1 Å². The van der Waals surface area contributed by atoms with Crippen molar-refractivity contribution in [3.8, 4) is 0 Å². The highest BCUT2D eigenvalue weighted by Gasteiger charge is 2.21. The van der Waals surface area contributed by atoms with Crippen LogP contribution in [-0.4, -0.2) is 17.4 Å². The molecular weight excluding hydrogens is 294 g/mol. The highest BCUT2D eigenvalue weighted by atomic mass is 32.1. The Morgan fingerprint density at radius 3 is 2.73 bits per heavy atom. The van der Waals surface area contributed by atoms with Crippen LogP contribution in [0.1, 0.15) is 46.5 Å². The highest BCUT2D eigenvalue weighted by molar-refractivity contribution is 7.09. The number of hydrogen-bond donors (Lipinski definition) is 2. The van der Waals surface area contributed by atoms with E-state index in [2.05, 4.69) is 43.2 Å². The number of thiazole rings is 1. The fourth-order valence-electron chi connectivity index (χ4n) is 2.41. The number of aryl methyl sites for hydroxylation is 1. The van der Waals surface area contributed by atoms with E-state index in [-0.39, 0.29) is 11.9 Å². The van der Waals surface area contributed by atoms with E-state index in [4.69, 9.17) is 5.73 Å². The molecule has 2 rings (SSSR count). The van der Waals surface area contributed by atoms with Gasteiger partial charge in [-0.2, -0.15) is 0 Å². The number of carbonyl (C=O) groups excluding carboxylic acids is 1. The average molecular weight is 317 g/mol. The summed E-state index contributed by atoms with van der Waals surface area (Å²) >= 11 is 1.48. The molecule has 0 aliphatic carbocycles. The van der Waals surface area contributed by atoms with Gasteiger partial charge in [-0.25, -0.2) is 4.98 Å². The molecule has 2 aromatic rings. The number of nitrogens with zero attached hydrogens (tertiary/aromatic N) is 1. The number of rotatable bonds is 6. The number of nitrogens with two attached hydrogens (primary N) is 1. The Labute approximate surface area is 135 Å². The number of carbonyl (C=O) groups is 1. The zero-order valence-electron chi connectivity index (χ0n) is 13.3. The van der Waals surface area contributed by atoms with Gasteiger partial charge in [-0.3, -0.25) is 4.79 Å². The molecule has 1 unspecified atom stereocenters. The zero-order chi connectivity index (χ0) is 16.1. The van der Waals surface area contributed by atoms with Gasteiger partial charge >= 0.3 is 0 Å². The van der Waals surface area contributed by atoms with Crippen LogP contribution >= 0.6 is 11.3 Å². The van der Waals surface area contributed by atoms with Gasteiger partial charge in [-0.1, -0.05) is 38.1 Å². The Bertz CT molecular complexity index is 636. The summed E-state index contributed by atoms with van der Waals surface area (Å²) in [6.45, 7) is 6.84. The number of benzene rings is 1. The van der Waals surface area contributed by atoms with Gasteiger partial charge in [0.15, 0.2) is 0 Å². The van der Waals surface area contributed by atoms with Crippen molar-refractivity contribution in [3.63, 3.8) is 0 Å². The normalized spacial score (nSPS) is 12.4. The van der Waals surface area contributed by atoms with E-state index in [1.807, 2.05) is 12.1 Å². The van der Waals surface area contributed by atoms with Crippen LogP contribution in [0.15, 0.2) is 29.6 Å². The molecule has 0 spiro atoms. The summed E-state index contributed by atoms with van der Waals surface area (Å²) in [6.07, 6.45) is 0.712. The minimum atomic E-state index is -0.124. The molecule has 1 amide bonds. The van der Waals surface area contributed by atoms with Gasteiger partial charge in [-0.05, 0) is 30.5 Å². The molecule has 118 valence electrons. The number of amides is 1. The number of nitrogens with one attached hydrogen (secondary N) is 1. The van der Waals surface area contributed by atoms with Crippen molar-refractivity contribution in [2.75, 3.05) is 6.54 Å². The lowest BCUT2D eigenvalue weighted by molar-refractivity contribution is 0.0921. The van der Waals surface area contributed by atoms with Crippen molar-refractivity contribution in [1.82, 2.24) is 10.3 Å². The Hall–Kier alpha value is -1.72. The smallest absolute Gasteiger partial charge is 0.271 e. The fourth-order valence-corrected chi connectivity index (χ4v) is 3.20. The molecular formula is C17H23N3OS. The minimum Gasteiger partial charge on any atom is -0.344 e. The van der Waals surface area contributed by atoms with Gasteiger partial charge in [0.05, 0.1) is 11.0 Å². The maximum atomic E-state index is 12.5. The maximum absolute atomic E-state index is 12.5. The number of aromatic nitrogens is 1. The van der Waals surface area contributed by atoms with Crippen LogP contribution < -0.4 is 11.1 Å². The van der Waals surface area contributed by atoms with Crippen LogP contribution in [0.4, 0.5) is 0 Å². The lowest BCUT2D eigenvalue weighted by Gasteiger charge is -2.24. The predicted molar refractivity (Wildman–Crippen MR) is 91.1 cm³/mol. The predicted octanol–water partition coefficient (Wildman–Crippen LogP) is 3.08. The van der Waals surface area contributed by atoms with Gasteiger partial charge in [0.25, 0.3) is 5.91 Å². The second-order valence-electron chi connectivity index (χ2n) is 5.72. The molecule has 4 nitrogen and oxygen atoms in total. The van der Waals surface area contributed by atoms with Gasteiger partial charge in [0.2, 0.25) is 0 Å². The van der Waals surface area contributed by atoms with Crippen molar-refractivity contribution in [2.45, 2.75) is 33.2 Å². The summed E-state index contributed by atoms with van der Waals surface area (Å²) in [5, 5.41) is 5.83. The Morgan fingerprint density at radius 2 is 2.09 bits per heavy atom. The summed E-state index contributed by atoms with van der Waals surface area (Å²) in [5.41, 5.74) is 8.34. The lowest BCUT2D eigenvalue weighted by atomic mass is 9.92. The van der Waals surface area contributed by atoms with E-state index in [1.165, 1.54) is 16.9 Å². The molecule has 0 aliphatic heterocycles. The van der Waals surface area contributed by atoms with Gasteiger partial charge in [0, 0.05) is 11.8 Å². The van der Waals surface area contributed by atoms with Crippen molar-refractivity contribution in [2.24, 2.45) is 11.7 Å². The topological polar surface area (TPSA) is 68.0 Å². The second kappa shape index (κ2) is 7.51. The van der Waals surface area contributed by atoms with E-state index in [9.17, 15) is 4.79 Å². The highest BCUT2D eigenvalue weighted by Crippen LogP contribution is 2.25. The maximum Gasteiger partial charge on any atom is 0.271 e. The minimum absolute atomic E-state index is 0.0200. The SMILES string of the molecule is Cc1ccccc1C(NC(=O)c1csc(CCN)n1)C(C)C. The standard InChI is InChI=1S/C17H23N3OS/c1-11(2)16(13-7-5-4-6-12(13)3)20-17(21)14-10-22-15(19-14)8-9-18/h4-7,10-11,16H,8-9,18H2,1-3H3,(H,20,21). The van der Waals surface area contributed by atoms with E-state index in [1.54, 1.807) is 5.38 Å². The van der Waals surface area contributed by atoms with Crippen molar-refractivity contribution in [1.29, 1.82) is 0 Å². The summed E-state index contributed by atoms with van der Waals surface area (Å²) < 4.78 is 0. The summed E-state index contributed by atoms with van der Waals surface area (Å²) in [5.74, 6) is 0.175. The third-order valence-electron chi connectivity index (χ3n) is 3.62. The van der Waals surface area contributed by atoms with E-state index in [0.717, 1.165) is 10.6 Å². The average Bonchev–Trinajstić information content (AvgIpc) is 2.94. The summed E-state index contributed by atoms with van der Waals surface area (Å²) in [4.78, 5) is 16.8. The second-order valence-corrected chi connectivity index (χ2v) is 6.66. The van der Waals surface area contributed by atoms with E-state index in [0.29, 0.717) is 24.6 Å². The zero-order valence-corrected chi connectivity index (χ0v) is 14.1. The molecule has 1 heterocycles. The molecule has 0 bridgehead atoms. The quantitative estimate of drug-likeness (QED) is 0.860. The first kappa shape index (κ1) is 16.6. The molecule has 0 saturated carbocycles. The third kappa shape index (κ3) is 3.93. The third-order valence-corrected chi connectivity index (χ3v) is 4.53. The molecule has 5 heteroatoms. The van der Waals surface area contributed by atoms with Crippen LogP contribution in [0, 0.1) is 12.8 Å². The van der Waals surface area contributed by atoms with Gasteiger partial charge in [0.1, 0.15) is 5.69 Å². The lowest BCUT2D eigenvalue weighted by Crippen LogP contribution is -2.32. The molecule has 22 heavy (non-hydrogen) atoms. The Kier molecular flexibility index (Phi) is 5.69. The molecule has 1 aromatic carbocycles. The summed E-state index contributed by atoms with van der Waals surface area (Å²) in [6, 6.07) is 8.14. The largest absolute Gasteiger partial charge is 0.344 e. The molecule has 0 saturated heterocycles. The Morgan fingerprint density at radius 1 is 1.36 bits per heavy atom. The molecule has 0 radical (unpaired) electrons. The molecule has 0 fully saturated rings. The van der Waals surface area contributed by atoms with Crippen LogP contribution in [0.25, 0.3) is 0 Å². The molecule has 1 aromatic heterocycles. The fraction of sp³-hybridized carbons (Fsp3) is 0.412. The van der Waals surface area contributed by atoms with Crippen LogP contribution in [0.2, 0.25) is 0 Å². The first-order chi connectivity index (χ1) is 10.5. The van der Waals surface area contributed by atoms with Crippen molar-refractivity contribution in [3.05, 3.63) is 51.5 Å².